The lowest BCUT2D eigenvalue weighted by Gasteiger charge is -2.08. The average Bonchev–Trinajstić information content (AvgIpc) is 3.22. The van der Waals surface area contributed by atoms with Gasteiger partial charge >= 0.3 is 5.69 Å². The SMILES string of the molecule is [B]c1nc2c(c(=O)n(Cc3nc4ccccc4s3)c(=O)n2C)n1CC#CC. The van der Waals surface area contributed by atoms with Gasteiger partial charge in [0.15, 0.2) is 19.0 Å². The molecule has 3 heterocycles. The van der Waals surface area contributed by atoms with E-state index < -0.39 is 11.2 Å². The summed E-state index contributed by atoms with van der Waals surface area (Å²) in [6.07, 6.45) is 0. The molecule has 0 N–H and O–H groups in total. The Bertz CT molecular complexity index is 1330. The van der Waals surface area contributed by atoms with Crippen LogP contribution in [0, 0.1) is 11.8 Å². The summed E-state index contributed by atoms with van der Waals surface area (Å²) in [5.41, 5.74) is 0.598. The minimum absolute atomic E-state index is 0.0886. The third kappa shape index (κ3) is 2.78. The molecule has 27 heavy (non-hydrogen) atoms. The highest BCUT2D eigenvalue weighted by atomic mass is 32.1. The zero-order chi connectivity index (χ0) is 19.1. The van der Waals surface area contributed by atoms with Gasteiger partial charge in [-0.25, -0.2) is 14.8 Å². The van der Waals surface area contributed by atoms with Crippen LogP contribution < -0.4 is 17.0 Å². The Hall–Kier alpha value is -3.12. The lowest BCUT2D eigenvalue weighted by molar-refractivity contribution is 0.652. The monoisotopic (exact) mass is 375 g/mol. The number of nitrogens with zero attached hydrogens (tertiary/aromatic N) is 5. The maximum atomic E-state index is 13.1. The maximum absolute atomic E-state index is 13.1. The summed E-state index contributed by atoms with van der Waals surface area (Å²) in [4.78, 5) is 34.5. The molecule has 0 unspecified atom stereocenters. The highest BCUT2D eigenvalue weighted by Crippen LogP contribution is 2.21. The van der Waals surface area contributed by atoms with E-state index in [1.807, 2.05) is 24.3 Å². The molecule has 0 aliphatic heterocycles. The Labute approximate surface area is 159 Å². The lowest BCUT2D eigenvalue weighted by Crippen LogP contribution is -2.40. The molecule has 0 saturated heterocycles. The van der Waals surface area contributed by atoms with Gasteiger partial charge in [-0.3, -0.25) is 13.9 Å². The van der Waals surface area contributed by atoms with Crippen LogP contribution in [0.25, 0.3) is 21.4 Å². The molecule has 132 valence electrons. The van der Waals surface area contributed by atoms with E-state index in [2.05, 4.69) is 21.8 Å². The van der Waals surface area contributed by atoms with E-state index in [1.165, 1.54) is 20.5 Å². The molecule has 0 aliphatic carbocycles. The zero-order valence-corrected chi connectivity index (χ0v) is 15.6. The summed E-state index contributed by atoms with van der Waals surface area (Å²) in [6, 6.07) is 7.69. The fourth-order valence-corrected chi connectivity index (χ4v) is 3.93. The van der Waals surface area contributed by atoms with Crippen molar-refractivity contribution in [2.75, 3.05) is 0 Å². The van der Waals surface area contributed by atoms with Crippen molar-refractivity contribution >= 4 is 46.3 Å². The van der Waals surface area contributed by atoms with E-state index in [9.17, 15) is 9.59 Å². The highest BCUT2D eigenvalue weighted by molar-refractivity contribution is 7.18. The zero-order valence-electron chi connectivity index (χ0n) is 14.8. The molecule has 0 aliphatic rings. The first-order valence-corrected chi connectivity index (χ1v) is 9.02. The van der Waals surface area contributed by atoms with E-state index in [-0.39, 0.29) is 30.0 Å². The Kier molecular flexibility index (Phi) is 4.20. The summed E-state index contributed by atoms with van der Waals surface area (Å²) in [6.45, 7) is 2.02. The van der Waals surface area contributed by atoms with Gasteiger partial charge in [0.25, 0.3) is 5.56 Å². The maximum Gasteiger partial charge on any atom is 0.332 e. The van der Waals surface area contributed by atoms with E-state index in [1.54, 1.807) is 14.0 Å². The third-order valence-electron chi connectivity index (χ3n) is 4.31. The van der Waals surface area contributed by atoms with Crippen molar-refractivity contribution in [1.82, 2.24) is 23.7 Å². The summed E-state index contributed by atoms with van der Waals surface area (Å²) in [5, 5.41) is 0.683. The number of aromatic nitrogens is 5. The Morgan fingerprint density at radius 1 is 1.19 bits per heavy atom. The van der Waals surface area contributed by atoms with Gasteiger partial charge in [0.2, 0.25) is 0 Å². The third-order valence-corrected chi connectivity index (χ3v) is 5.33. The van der Waals surface area contributed by atoms with Crippen molar-refractivity contribution in [3.63, 3.8) is 0 Å². The first-order valence-electron chi connectivity index (χ1n) is 8.21. The molecule has 0 spiro atoms. The van der Waals surface area contributed by atoms with Crippen molar-refractivity contribution in [3.05, 3.63) is 50.1 Å². The van der Waals surface area contributed by atoms with Crippen LogP contribution in [0.2, 0.25) is 0 Å². The molecule has 4 aromatic rings. The van der Waals surface area contributed by atoms with Gasteiger partial charge in [-0.05, 0) is 19.1 Å². The van der Waals surface area contributed by atoms with Gasteiger partial charge in [-0.2, -0.15) is 0 Å². The number of thiazole rings is 1. The quantitative estimate of drug-likeness (QED) is 0.383. The van der Waals surface area contributed by atoms with Gasteiger partial charge in [0, 0.05) is 7.05 Å². The van der Waals surface area contributed by atoms with Crippen LogP contribution in [0.1, 0.15) is 11.9 Å². The number of imidazole rings is 1. The second-order valence-electron chi connectivity index (χ2n) is 5.96. The second-order valence-corrected chi connectivity index (χ2v) is 7.08. The van der Waals surface area contributed by atoms with Crippen molar-refractivity contribution < 1.29 is 0 Å². The molecule has 0 bridgehead atoms. The number of rotatable bonds is 3. The van der Waals surface area contributed by atoms with Gasteiger partial charge in [0.1, 0.15) is 5.01 Å². The summed E-state index contributed by atoms with van der Waals surface area (Å²) >= 11 is 1.46. The number of hydrogen-bond acceptors (Lipinski definition) is 5. The van der Waals surface area contributed by atoms with Gasteiger partial charge in [0.05, 0.1) is 29.0 Å². The van der Waals surface area contributed by atoms with E-state index in [0.717, 1.165) is 14.8 Å². The molecular formula is C18H14BN5O2S. The largest absolute Gasteiger partial charge is 0.332 e. The van der Waals surface area contributed by atoms with Crippen molar-refractivity contribution in [1.29, 1.82) is 0 Å². The first kappa shape index (κ1) is 17.3. The molecule has 0 atom stereocenters. The number of para-hydroxylation sites is 1. The van der Waals surface area contributed by atoms with Crippen molar-refractivity contribution in [2.24, 2.45) is 7.05 Å². The predicted octanol–water partition coefficient (Wildman–Crippen LogP) is 0.372. The lowest BCUT2D eigenvalue weighted by atomic mass is 10.1. The molecule has 3 aromatic heterocycles. The summed E-state index contributed by atoms with van der Waals surface area (Å²) in [5.74, 6) is 5.65. The molecular weight excluding hydrogens is 361 g/mol. The predicted molar refractivity (Wildman–Crippen MR) is 107 cm³/mol. The summed E-state index contributed by atoms with van der Waals surface area (Å²) < 4.78 is 5.03. The van der Waals surface area contributed by atoms with Crippen LogP contribution in [-0.4, -0.2) is 31.5 Å². The van der Waals surface area contributed by atoms with Crippen molar-refractivity contribution in [3.8, 4) is 11.8 Å². The Balaban J connectivity index is 1.93. The highest BCUT2D eigenvalue weighted by Gasteiger charge is 2.19. The van der Waals surface area contributed by atoms with Crippen LogP contribution in [0.5, 0.6) is 0 Å². The average molecular weight is 375 g/mol. The molecule has 0 amide bonds. The van der Waals surface area contributed by atoms with E-state index >= 15 is 0 Å². The fourth-order valence-electron chi connectivity index (χ4n) is 2.97. The number of fused-ring (bicyclic) bond motifs is 2. The van der Waals surface area contributed by atoms with Crippen LogP contribution in [0.3, 0.4) is 0 Å². The van der Waals surface area contributed by atoms with Crippen LogP contribution in [-0.2, 0) is 20.1 Å². The number of hydrogen-bond donors (Lipinski definition) is 0. The van der Waals surface area contributed by atoms with E-state index in [4.69, 9.17) is 7.85 Å². The minimum atomic E-state index is -0.460. The normalized spacial score (nSPS) is 11.0. The first-order chi connectivity index (χ1) is 13.0. The topological polar surface area (TPSA) is 74.7 Å². The van der Waals surface area contributed by atoms with E-state index in [0.29, 0.717) is 5.01 Å². The Morgan fingerprint density at radius 2 is 1.96 bits per heavy atom. The fraction of sp³-hybridized carbons (Fsp3) is 0.222. The molecule has 0 saturated carbocycles. The minimum Gasteiger partial charge on any atom is -0.320 e. The smallest absolute Gasteiger partial charge is 0.320 e. The Morgan fingerprint density at radius 3 is 2.70 bits per heavy atom. The molecule has 4 rings (SSSR count). The summed E-state index contributed by atoms with van der Waals surface area (Å²) in [7, 11) is 7.52. The van der Waals surface area contributed by atoms with Crippen molar-refractivity contribution in [2.45, 2.75) is 20.0 Å². The van der Waals surface area contributed by atoms with Gasteiger partial charge < -0.3 is 4.57 Å². The number of benzene rings is 1. The second kappa shape index (κ2) is 6.56. The van der Waals surface area contributed by atoms with Gasteiger partial charge in [-0.1, -0.05) is 18.1 Å². The van der Waals surface area contributed by atoms with Crippen LogP contribution in [0.4, 0.5) is 0 Å². The standard InChI is InChI=1S/C18H14BN5O2S/c1-3-4-9-23-14-15(21-17(23)19)22(2)18(26)24(16(14)25)10-13-20-11-7-5-6-8-12(11)27-13/h5-8H,9-10H2,1-2H3. The van der Waals surface area contributed by atoms with Gasteiger partial charge in [-0.15, -0.1) is 17.3 Å². The molecule has 2 radical (unpaired) electrons. The molecule has 7 nitrogen and oxygen atoms in total. The molecule has 0 fully saturated rings. The molecule has 9 heteroatoms. The number of aryl methyl sites for hydroxylation is 1. The molecule has 1 aromatic carbocycles. The van der Waals surface area contributed by atoms with Crippen LogP contribution >= 0.6 is 11.3 Å². The van der Waals surface area contributed by atoms with Crippen LogP contribution in [0.15, 0.2) is 33.9 Å².